The van der Waals surface area contributed by atoms with Gasteiger partial charge in [-0.25, -0.2) is 0 Å². The number of likely N-dealkylation sites (N-methyl/N-ethyl adjacent to an activating group) is 1. The maximum absolute atomic E-state index is 10.2. The van der Waals surface area contributed by atoms with Gasteiger partial charge >= 0.3 is 0 Å². The minimum Gasteiger partial charge on any atom is -0.302 e. The molecule has 2 nitrogen and oxygen atoms in total. The molecule has 0 amide bonds. The molecule has 0 spiro atoms. The van der Waals surface area contributed by atoms with Gasteiger partial charge in [0.05, 0.1) is 6.54 Å². The maximum Gasteiger partial charge on any atom is 0.133 e. The molecule has 0 aliphatic heterocycles. The highest BCUT2D eigenvalue weighted by Gasteiger charge is 2.14. The van der Waals surface area contributed by atoms with E-state index in [1.165, 1.54) is 32.1 Å². The average molecular weight is 169 g/mol. The van der Waals surface area contributed by atoms with Crippen LogP contribution in [0.15, 0.2) is 0 Å². The Morgan fingerprint density at radius 2 is 2.08 bits per heavy atom. The zero-order valence-electron chi connectivity index (χ0n) is 7.96. The van der Waals surface area contributed by atoms with Crippen molar-refractivity contribution in [1.29, 1.82) is 0 Å². The third-order valence-electron chi connectivity index (χ3n) is 2.78. The van der Waals surface area contributed by atoms with Crippen LogP contribution in [0.4, 0.5) is 0 Å². The largest absolute Gasteiger partial charge is 0.302 e. The highest BCUT2D eigenvalue weighted by atomic mass is 16.1. The number of nitrogens with zero attached hydrogens (tertiary/aromatic N) is 1. The van der Waals surface area contributed by atoms with Crippen LogP contribution in [-0.2, 0) is 4.79 Å². The quantitative estimate of drug-likeness (QED) is 0.584. The fraction of sp³-hybridized carbons (Fsp3) is 0.900. The Bertz CT molecular complexity index is 130. The summed E-state index contributed by atoms with van der Waals surface area (Å²) in [7, 11) is 2.02. The molecule has 0 saturated heterocycles. The molecule has 12 heavy (non-hydrogen) atoms. The Balaban J connectivity index is 2.03. The fourth-order valence-corrected chi connectivity index (χ4v) is 1.92. The van der Waals surface area contributed by atoms with Crippen LogP contribution in [0.2, 0.25) is 0 Å². The lowest BCUT2D eigenvalue weighted by molar-refractivity contribution is -0.108. The van der Waals surface area contributed by atoms with Crippen LogP contribution >= 0.6 is 0 Å². The van der Waals surface area contributed by atoms with E-state index in [1.54, 1.807) is 0 Å². The van der Waals surface area contributed by atoms with Gasteiger partial charge in [0.2, 0.25) is 0 Å². The number of hydrogen-bond acceptors (Lipinski definition) is 2. The van der Waals surface area contributed by atoms with Crippen molar-refractivity contribution in [1.82, 2.24) is 4.90 Å². The van der Waals surface area contributed by atoms with Gasteiger partial charge < -0.3 is 4.79 Å². The van der Waals surface area contributed by atoms with E-state index in [4.69, 9.17) is 0 Å². The summed E-state index contributed by atoms with van der Waals surface area (Å²) in [6.45, 7) is 1.68. The van der Waals surface area contributed by atoms with Crippen molar-refractivity contribution >= 4 is 6.29 Å². The van der Waals surface area contributed by atoms with Crippen LogP contribution < -0.4 is 0 Å². The molecule has 0 aromatic heterocycles. The van der Waals surface area contributed by atoms with Crippen LogP contribution in [-0.4, -0.2) is 31.3 Å². The van der Waals surface area contributed by atoms with Crippen molar-refractivity contribution in [2.45, 2.75) is 32.1 Å². The van der Waals surface area contributed by atoms with Crippen LogP contribution in [0.5, 0.6) is 0 Å². The van der Waals surface area contributed by atoms with Crippen molar-refractivity contribution in [2.24, 2.45) is 5.92 Å². The molecule has 0 aromatic rings. The van der Waals surface area contributed by atoms with Gasteiger partial charge in [0.1, 0.15) is 6.29 Å². The van der Waals surface area contributed by atoms with Gasteiger partial charge in [-0.15, -0.1) is 0 Å². The van der Waals surface area contributed by atoms with E-state index in [1.807, 2.05) is 7.05 Å². The Labute approximate surface area is 74.9 Å². The van der Waals surface area contributed by atoms with Crippen LogP contribution in [0, 0.1) is 5.92 Å². The topological polar surface area (TPSA) is 20.3 Å². The van der Waals surface area contributed by atoms with Gasteiger partial charge in [0.15, 0.2) is 0 Å². The normalized spacial score (nSPS) is 18.8. The van der Waals surface area contributed by atoms with Crippen molar-refractivity contribution in [2.75, 3.05) is 20.1 Å². The minimum absolute atomic E-state index is 0.590. The summed E-state index contributed by atoms with van der Waals surface area (Å²) in [5.41, 5.74) is 0. The van der Waals surface area contributed by atoms with Gasteiger partial charge in [-0.2, -0.15) is 0 Å². The standard InChI is InChI=1S/C10H19NO/c1-11(8-9-12)7-6-10-4-2-3-5-10/h9-10H,2-8H2,1H3. The van der Waals surface area contributed by atoms with Crippen LogP contribution in [0.3, 0.4) is 0 Å². The predicted molar refractivity (Wildman–Crippen MR) is 50.1 cm³/mol. The van der Waals surface area contributed by atoms with E-state index in [-0.39, 0.29) is 0 Å². The molecule has 1 saturated carbocycles. The average Bonchev–Trinajstić information content (AvgIpc) is 2.53. The van der Waals surface area contributed by atoms with E-state index in [0.717, 1.165) is 18.7 Å². The first-order valence-electron chi connectivity index (χ1n) is 4.95. The minimum atomic E-state index is 0.590. The molecule has 0 N–H and O–H groups in total. The number of carbonyl (C=O) groups is 1. The number of hydrogen-bond donors (Lipinski definition) is 0. The van der Waals surface area contributed by atoms with E-state index < -0.39 is 0 Å². The molecule has 0 heterocycles. The molecular formula is C10H19NO. The third kappa shape index (κ3) is 3.35. The molecule has 2 heteroatoms. The maximum atomic E-state index is 10.2. The van der Waals surface area contributed by atoms with Crippen LogP contribution in [0.1, 0.15) is 32.1 Å². The summed E-state index contributed by atoms with van der Waals surface area (Å²) in [6, 6.07) is 0. The van der Waals surface area contributed by atoms with E-state index in [2.05, 4.69) is 4.90 Å². The highest BCUT2D eigenvalue weighted by Crippen LogP contribution is 2.27. The van der Waals surface area contributed by atoms with E-state index in [9.17, 15) is 4.79 Å². The Morgan fingerprint density at radius 3 is 2.67 bits per heavy atom. The first kappa shape index (κ1) is 9.72. The zero-order chi connectivity index (χ0) is 8.81. The molecule has 0 bridgehead atoms. The van der Waals surface area contributed by atoms with Gasteiger partial charge in [-0.3, -0.25) is 4.90 Å². The summed E-state index contributed by atoms with van der Waals surface area (Å²) in [5, 5.41) is 0. The number of carbonyl (C=O) groups excluding carboxylic acids is 1. The Morgan fingerprint density at radius 1 is 1.42 bits per heavy atom. The summed E-state index contributed by atoms with van der Waals surface area (Å²) in [6.07, 6.45) is 7.92. The second-order valence-corrected chi connectivity index (χ2v) is 3.87. The van der Waals surface area contributed by atoms with Gasteiger partial charge in [0.25, 0.3) is 0 Å². The molecule has 1 fully saturated rings. The SMILES string of the molecule is CN(CC=O)CCC1CCCC1. The van der Waals surface area contributed by atoms with Crippen molar-refractivity contribution in [3.8, 4) is 0 Å². The molecule has 0 aromatic carbocycles. The van der Waals surface area contributed by atoms with Crippen molar-refractivity contribution in [3.05, 3.63) is 0 Å². The van der Waals surface area contributed by atoms with Crippen LogP contribution in [0.25, 0.3) is 0 Å². The molecular weight excluding hydrogens is 150 g/mol. The molecule has 0 radical (unpaired) electrons. The Kier molecular flexibility index (Phi) is 4.30. The van der Waals surface area contributed by atoms with Gasteiger partial charge in [0, 0.05) is 0 Å². The Hall–Kier alpha value is -0.370. The first-order chi connectivity index (χ1) is 5.83. The lowest BCUT2D eigenvalue weighted by Gasteiger charge is -2.15. The van der Waals surface area contributed by atoms with Crippen molar-refractivity contribution < 1.29 is 4.79 Å². The number of aldehydes is 1. The van der Waals surface area contributed by atoms with Crippen molar-refractivity contribution in [3.63, 3.8) is 0 Å². The summed E-state index contributed by atoms with van der Waals surface area (Å²) < 4.78 is 0. The zero-order valence-corrected chi connectivity index (χ0v) is 7.96. The first-order valence-corrected chi connectivity index (χ1v) is 4.95. The smallest absolute Gasteiger partial charge is 0.133 e. The fourth-order valence-electron chi connectivity index (χ4n) is 1.92. The number of rotatable bonds is 5. The predicted octanol–water partition coefficient (Wildman–Crippen LogP) is 1.70. The second-order valence-electron chi connectivity index (χ2n) is 3.87. The second kappa shape index (κ2) is 5.31. The molecule has 1 rings (SSSR count). The summed E-state index contributed by atoms with van der Waals surface area (Å²) >= 11 is 0. The molecule has 1 aliphatic carbocycles. The highest BCUT2D eigenvalue weighted by molar-refractivity contribution is 5.51. The lowest BCUT2D eigenvalue weighted by atomic mass is 10.0. The van der Waals surface area contributed by atoms with Gasteiger partial charge in [-0.05, 0) is 25.9 Å². The molecule has 0 atom stereocenters. The summed E-state index contributed by atoms with van der Waals surface area (Å²) in [4.78, 5) is 12.3. The van der Waals surface area contributed by atoms with E-state index in [0.29, 0.717) is 6.54 Å². The molecule has 1 aliphatic rings. The van der Waals surface area contributed by atoms with Gasteiger partial charge in [-0.1, -0.05) is 25.7 Å². The third-order valence-corrected chi connectivity index (χ3v) is 2.78. The summed E-state index contributed by atoms with van der Waals surface area (Å²) in [5.74, 6) is 0.944. The molecule has 0 unspecified atom stereocenters. The molecule has 70 valence electrons. The lowest BCUT2D eigenvalue weighted by Crippen LogP contribution is -2.23. The van der Waals surface area contributed by atoms with E-state index >= 15 is 0 Å². The monoisotopic (exact) mass is 169 g/mol.